The first-order valence-corrected chi connectivity index (χ1v) is 6.24. The SMILES string of the molecule is CCCN1C=Cc2ccccc2C1I. The molecule has 0 fully saturated rings. The molecule has 1 aliphatic heterocycles. The fourth-order valence-corrected chi connectivity index (χ4v) is 2.79. The van der Waals surface area contributed by atoms with Gasteiger partial charge in [-0.2, -0.15) is 0 Å². The van der Waals surface area contributed by atoms with Crippen molar-refractivity contribution in [3.63, 3.8) is 0 Å². The molecule has 0 saturated carbocycles. The van der Waals surface area contributed by atoms with Gasteiger partial charge in [-0.1, -0.05) is 53.8 Å². The third kappa shape index (κ3) is 1.80. The van der Waals surface area contributed by atoms with Crippen LogP contribution in [-0.2, 0) is 0 Å². The molecule has 2 heteroatoms. The molecule has 1 heterocycles. The van der Waals surface area contributed by atoms with E-state index in [1.807, 2.05) is 0 Å². The lowest BCUT2D eigenvalue weighted by molar-refractivity contribution is 0.370. The molecule has 0 spiro atoms. The van der Waals surface area contributed by atoms with Gasteiger partial charge in [0.05, 0.1) is 0 Å². The normalized spacial score (nSPS) is 19.6. The molecule has 0 N–H and O–H groups in total. The van der Waals surface area contributed by atoms with Gasteiger partial charge in [0.15, 0.2) is 0 Å². The third-order valence-electron chi connectivity index (χ3n) is 2.47. The molecule has 0 aliphatic carbocycles. The molecule has 14 heavy (non-hydrogen) atoms. The zero-order valence-electron chi connectivity index (χ0n) is 8.28. The average Bonchev–Trinajstić information content (AvgIpc) is 2.23. The summed E-state index contributed by atoms with van der Waals surface area (Å²) >= 11 is 2.51. The summed E-state index contributed by atoms with van der Waals surface area (Å²) in [6.45, 7) is 3.36. The maximum atomic E-state index is 2.51. The van der Waals surface area contributed by atoms with Crippen LogP contribution in [0.25, 0.3) is 6.08 Å². The molecular weight excluding hydrogens is 285 g/mol. The fraction of sp³-hybridized carbons (Fsp3) is 0.333. The number of alkyl halides is 1. The van der Waals surface area contributed by atoms with Crippen LogP contribution >= 0.6 is 22.6 Å². The van der Waals surface area contributed by atoms with Crippen LogP contribution in [0.15, 0.2) is 30.5 Å². The van der Waals surface area contributed by atoms with Crippen LogP contribution in [0.3, 0.4) is 0 Å². The van der Waals surface area contributed by atoms with Gasteiger partial charge in [-0.3, -0.25) is 0 Å². The van der Waals surface area contributed by atoms with Crippen molar-refractivity contribution in [2.75, 3.05) is 6.54 Å². The zero-order chi connectivity index (χ0) is 9.97. The molecule has 1 nitrogen and oxygen atoms in total. The van der Waals surface area contributed by atoms with Crippen LogP contribution in [0, 0.1) is 0 Å². The van der Waals surface area contributed by atoms with Gasteiger partial charge < -0.3 is 4.90 Å². The van der Waals surface area contributed by atoms with Crippen LogP contribution in [-0.4, -0.2) is 11.4 Å². The Bertz CT molecular complexity index is 346. The minimum Gasteiger partial charge on any atom is -0.362 e. The Balaban J connectivity index is 2.30. The van der Waals surface area contributed by atoms with Crippen LogP contribution in [0.2, 0.25) is 0 Å². The van der Waals surface area contributed by atoms with E-state index >= 15 is 0 Å². The van der Waals surface area contributed by atoms with Gasteiger partial charge in [-0.05, 0) is 23.6 Å². The zero-order valence-corrected chi connectivity index (χ0v) is 10.4. The highest BCUT2D eigenvalue weighted by atomic mass is 127. The lowest BCUT2D eigenvalue weighted by atomic mass is 10.0. The Kier molecular flexibility index (Phi) is 3.11. The van der Waals surface area contributed by atoms with Crippen LogP contribution in [0.1, 0.15) is 28.5 Å². The van der Waals surface area contributed by atoms with E-state index in [0.717, 1.165) is 6.54 Å². The van der Waals surface area contributed by atoms with Gasteiger partial charge in [0.2, 0.25) is 0 Å². The van der Waals surface area contributed by atoms with Crippen molar-refractivity contribution < 1.29 is 0 Å². The molecule has 74 valence electrons. The van der Waals surface area contributed by atoms with Gasteiger partial charge in [0.1, 0.15) is 4.05 Å². The summed E-state index contributed by atoms with van der Waals surface area (Å²) in [5.74, 6) is 0. The summed E-state index contributed by atoms with van der Waals surface area (Å²) in [5, 5.41) is 0. The van der Waals surface area contributed by atoms with E-state index < -0.39 is 0 Å². The van der Waals surface area contributed by atoms with E-state index in [1.54, 1.807) is 0 Å². The molecule has 1 aromatic rings. The van der Waals surface area contributed by atoms with E-state index in [1.165, 1.54) is 17.5 Å². The number of halogens is 1. The largest absolute Gasteiger partial charge is 0.362 e. The van der Waals surface area contributed by atoms with Crippen molar-refractivity contribution in [3.05, 3.63) is 41.6 Å². The Hall–Kier alpha value is -0.510. The molecule has 1 aromatic carbocycles. The summed E-state index contributed by atoms with van der Waals surface area (Å²) in [6.07, 6.45) is 5.62. The number of nitrogens with zero attached hydrogens (tertiary/aromatic N) is 1. The predicted molar refractivity (Wildman–Crippen MR) is 69.2 cm³/mol. The molecule has 0 bridgehead atoms. The van der Waals surface area contributed by atoms with E-state index in [4.69, 9.17) is 0 Å². The monoisotopic (exact) mass is 299 g/mol. The molecular formula is C12H14IN. The van der Waals surface area contributed by atoms with Crippen LogP contribution in [0.5, 0.6) is 0 Å². The lowest BCUT2D eigenvalue weighted by Crippen LogP contribution is -2.23. The Morgan fingerprint density at radius 2 is 2.14 bits per heavy atom. The average molecular weight is 299 g/mol. The quantitative estimate of drug-likeness (QED) is 0.456. The Labute approximate surface area is 98.9 Å². The molecule has 1 atom stereocenters. The number of hydrogen-bond acceptors (Lipinski definition) is 1. The summed E-state index contributed by atoms with van der Waals surface area (Å²) in [5.41, 5.74) is 2.79. The highest BCUT2D eigenvalue weighted by molar-refractivity contribution is 14.1. The van der Waals surface area contributed by atoms with Gasteiger partial charge >= 0.3 is 0 Å². The topological polar surface area (TPSA) is 3.24 Å². The number of rotatable bonds is 2. The first-order chi connectivity index (χ1) is 6.83. The molecule has 1 unspecified atom stereocenters. The Morgan fingerprint density at radius 1 is 1.36 bits per heavy atom. The van der Waals surface area contributed by atoms with Gasteiger partial charge in [-0.25, -0.2) is 0 Å². The van der Waals surface area contributed by atoms with Crippen LogP contribution in [0.4, 0.5) is 0 Å². The van der Waals surface area contributed by atoms with E-state index in [9.17, 15) is 0 Å². The minimum atomic E-state index is 0.494. The van der Waals surface area contributed by atoms with E-state index in [0.29, 0.717) is 4.05 Å². The molecule has 1 aliphatic rings. The summed E-state index contributed by atoms with van der Waals surface area (Å²) in [7, 11) is 0. The van der Waals surface area contributed by atoms with E-state index in [2.05, 4.69) is 71.0 Å². The summed E-state index contributed by atoms with van der Waals surface area (Å²) < 4.78 is 0.494. The number of hydrogen-bond donors (Lipinski definition) is 0. The molecule has 0 amide bonds. The highest BCUT2D eigenvalue weighted by Gasteiger charge is 2.18. The summed E-state index contributed by atoms with van der Waals surface area (Å²) in [4.78, 5) is 2.39. The first-order valence-electron chi connectivity index (χ1n) is 5.00. The highest BCUT2D eigenvalue weighted by Crippen LogP contribution is 2.34. The van der Waals surface area contributed by atoms with Gasteiger partial charge in [0.25, 0.3) is 0 Å². The van der Waals surface area contributed by atoms with Crippen molar-refractivity contribution in [2.24, 2.45) is 0 Å². The van der Waals surface area contributed by atoms with Crippen molar-refractivity contribution in [1.82, 2.24) is 4.90 Å². The summed E-state index contributed by atoms with van der Waals surface area (Å²) in [6, 6.07) is 8.62. The van der Waals surface area contributed by atoms with E-state index in [-0.39, 0.29) is 0 Å². The third-order valence-corrected chi connectivity index (χ3v) is 3.86. The fourth-order valence-electron chi connectivity index (χ4n) is 1.76. The van der Waals surface area contributed by atoms with Crippen molar-refractivity contribution in [1.29, 1.82) is 0 Å². The van der Waals surface area contributed by atoms with Gasteiger partial charge in [0, 0.05) is 12.7 Å². The maximum absolute atomic E-state index is 2.51. The van der Waals surface area contributed by atoms with Crippen molar-refractivity contribution >= 4 is 28.7 Å². The molecule has 2 rings (SSSR count). The smallest absolute Gasteiger partial charge is 0.106 e. The predicted octanol–water partition coefficient (Wildman–Crippen LogP) is 3.82. The standard InChI is InChI=1S/C12H14IN/c1-2-8-14-9-7-10-5-3-4-6-11(10)12(14)13/h3-7,9,12H,2,8H2,1H3. The molecule has 0 saturated heterocycles. The second-order valence-electron chi connectivity index (χ2n) is 3.52. The van der Waals surface area contributed by atoms with Crippen LogP contribution < -0.4 is 0 Å². The molecule has 0 radical (unpaired) electrons. The van der Waals surface area contributed by atoms with Crippen molar-refractivity contribution in [3.8, 4) is 0 Å². The number of fused-ring (bicyclic) bond motifs is 1. The Morgan fingerprint density at radius 3 is 2.93 bits per heavy atom. The lowest BCUT2D eigenvalue weighted by Gasteiger charge is -2.30. The number of benzene rings is 1. The minimum absolute atomic E-state index is 0.494. The first kappa shape index (κ1) is 10.0. The second-order valence-corrected chi connectivity index (χ2v) is 4.70. The maximum Gasteiger partial charge on any atom is 0.106 e. The molecule has 0 aromatic heterocycles. The van der Waals surface area contributed by atoms with Gasteiger partial charge in [-0.15, -0.1) is 0 Å². The second kappa shape index (κ2) is 4.34. The van der Waals surface area contributed by atoms with Crippen molar-refractivity contribution in [2.45, 2.75) is 17.4 Å².